The van der Waals surface area contributed by atoms with Crippen LogP contribution in [-0.2, 0) is 19.6 Å². The van der Waals surface area contributed by atoms with E-state index in [9.17, 15) is 13.2 Å². The fraction of sp³-hybridized carbons (Fsp3) is 0.240. The van der Waals surface area contributed by atoms with Gasteiger partial charge in [0.2, 0.25) is 10.0 Å². The van der Waals surface area contributed by atoms with E-state index < -0.39 is 28.2 Å². The Bertz CT molecular complexity index is 1260. The van der Waals surface area contributed by atoms with Gasteiger partial charge in [-0.1, -0.05) is 24.3 Å². The van der Waals surface area contributed by atoms with Crippen molar-refractivity contribution < 1.29 is 27.4 Å². The third-order valence-electron chi connectivity index (χ3n) is 5.83. The largest absolute Gasteiger partial charge is 0.497 e. The number of carbonyl (C=O) groups excluding carboxylic acids is 1. The van der Waals surface area contributed by atoms with E-state index in [2.05, 4.69) is 5.32 Å². The van der Waals surface area contributed by atoms with Crippen LogP contribution in [0.3, 0.4) is 0 Å². The van der Waals surface area contributed by atoms with Crippen LogP contribution in [0.2, 0.25) is 0 Å². The molecule has 1 N–H and O–H groups in total. The molecule has 0 unspecified atom stereocenters. The minimum Gasteiger partial charge on any atom is -0.497 e. The Kier molecular flexibility index (Phi) is 6.76. The second-order valence-corrected chi connectivity index (χ2v) is 9.55. The second-order valence-electron chi connectivity index (χ2n) is 7.71. The summed E-state index contributed by atoms with van der Waals surface area (Å²) in [5.74, 6) is 0.728. The fourth-order valence-electron chi connectivity index (χ4n) is 4.12. The summed E-state index contributed by atoms with van der Waals surface area (Å²) < 4.78 is 44.6. The van der Waals surface area contributed by atoms with E-state index in [0.29, 0.717) is 17.2 Å². The smallest absolute Gasteiger partial charge is 0.307 e. The summed E-state index contributed by atoms with van der Waals surface area (Å²) in [6.45, 7) is 0. The normalized spacial score (nSPS) is 17.6. The molecule has 3 aromatic rings. The van der Waals surface area contributed by atoms with E-state index in [1.165, 1.54) is 30.7 Å². The first kappa shape index (κ1) is 23.6. The Morgan fingerprint density at radius 2 is 1.41 bits per heavy atom. The average Bonchev–Trinajstić information content (AvgIpc) is 3.18. The van der Waals surface area contributed by atoms with Crippen molar-refractivity contribution in [1.29, 1.82) is 0 Å². The molecule has 0 saturated heterocycles. The van der Waals surface area contributed by atoms with Crippen LogP contribution >= 0.6 is 0 Å². The van der Waals surface area contributed by atoms with Crippen LogP contribution < -0.4 is 14.8 Å². The number of carbonyl (C=O) groups is 1. The van der Waals surface area contributed by atoms with Gasteiger partial charge >= 0.3 is 5.97 Å². The highest BCUT2D eigenvalue weighted by atomic mass is 32.2. The second kappa shape index (κ2) is 9.74. The molecule has 3 aromatic carbocycles. The molecule has 178 valence electrons. The van der Waals surface area contributed by atoms with Crippen molar-refractivity contribution >= 4 is 21.7 Å². The topological polar surface area (TPSA) is 94.2 Å². The van der Waals surface area contributed by atoms with Crippen molar-refractivity contribution in [3.63, 3.8) is 0 Å². The van der Waals surface area contributed by atoms with Gasteiger partial charge in [0.25, 0.3) is 0 Å². The lowest BCUT2D eigenvalue weighted by Crippen LogP contribution is -2.37. The third-order valence-corrected chi connectivity index (χ3v) is 7.72. The number of sulfonamides is 1. The first-order valence-electron chi connectivity index (χ1n) is 10.6. The zero-order valence-electron chi connectivity index (χ0n) is 19.1. The lowest BCUT2D eigenvalue weighted by molar-refractivity contribution is -0.141. The Hall–Kier alpha value is -3.56. The standard InChI is InChI=1S/C25H26N2O6S/c1-31-18-10-8-17(9-11-18)26-25-22-7-5-4-6-21(22)23(16-24(28)33-3)27(25)34(29,30)20-14-12-19(32-2)13-15-20/h4-15,23,25-26H,16H2,1-3H3/t23-,25-/m0/s1. The maximum absolute atomic E-state index is 14.0. The van der Waals surface area contributed by atoms with Crippen LogP contribution in [0.15, 0.2) is 77.7 Å². The Morgan fingerprint density at radius 3 is 1.97 bits per heavy atom. The van der Waals surface area contributed by atoms with Crippen molar-refractivity contribution in [3.05, 3.63) is 83.9 Å². The Balaban J connectivity index is 1.82. The predicted molar refractivity (Wildman–Crippen MR) is 127 cm³/mol. The van der Waals surface area contributed by atoms with Gasteiger partial charge in [-0.05, 0) is 59.7 Å². The number of rotatable bonds is 8. The van der Waals surface area contributed by atoms with Crippen LogP contribution in [0.25, 0.3) is 0 Å². The minimum absolute atomic E-state index is 0.0949. The van der Waals surface area contributed by atoms with Gasteiger partial charge in [0, 0.05) is 5.69 Å². The van der Waals surface area contributed by atoms with E-state index in [-0.39, 0.29) is 11.3 Å². The molecule has 1 heterocycles. The van der Waals surface area contributed by atoms with E-state index in [4.69, 9.17) is 14.2 Å². The zero-order valence-corrected chi connectivity index (χ0v) is 19.9. The number of nitrogens with zero attached hydrogens (tertiary/aromatic N) is 1. The summed E-state index contributed by atoms with van der Waals surface area (Å²) in [6.07, 6.45) is -0.865. The minimum atomic E-state index is -4.03. The van der Waals surface area contributed by atoms with E-state index >= 15 is 0 Å². The first-order valence-corrected chi connectivity index (χ1v) is 12.1. The highest BCUT2D eigenvalue weighted by molar-refractivity contribution is 7.89. The number of esters is 1. The molecular formula is C25H26N2O6S. The molecular weight excluding hydrogens is 456 g/mol. The van der Waals surface area contributed by atoms with E-state index in [1.807, 2.05) is 36.4 Å². The molecule has 0 amide bonds. The number of nitrogens with one attached hydrogen (secondary N) is 1. The van der Waals surface area contributed by atoms with Crippen molar-refractivity contribution in [2.75, 3.05) is 26.6 Å². The Morgan fingerprint density at radius 1 is 0.853 bits per heavy atom. The summed E-state index contributed by atoms with van der Waals surface area (Å²) in [4.78, 5) is 12.4. The molecule has 9 heteroatoms. The molecule has 2 atom stereocenters. The molecule has 1 aliphatic rings. The van der Waals surface area contributed by atoms with Crippen molar-refractivity contribution in [1.82, 2.24) is 4.31 Å². The van der Waals surface area contributed by atoms with Crippen molar-refractivity contribution in [3.8, 4) is 11.5 Å². The van der Waals surface area contributed by atoms with Crippen molar-refractivity contribution in [2.45, 2.75) is 23.5 Å². The fourth-order valence-corrected chi connectivity index (χ4v) is 5.81. The molecule has 1 aliphatic heterocycles. The number of methoxy groups -OCH3 is 3. The molecule has 4 rings (SSSR count). The monoisotopic (exact) mass is 482 g/mol. The van der Waals surface area contributed by atoms with Crippen LogP contribution in [-0.4, -0.2) is 40.0 Å². The average molecular weight is 483 g/mol. The number of ether oxygens (including phenoxy) is 3. The summed E-state index contributed by atoms with van der Waals surface area (Å²) in [5, 5.41) is 3.33. The van der Waals surface area contributed by atoms with Gasteiger partial charge in [0.1, 0.15) is 17.7 Å². The number of benzene rings is 3. The van der Waals surface area contributed by atoms with E-state index in [1.54, 1.807) is 31.4 Å². The van der Waals surface area contributed by atoms with Gasteiger partial charge in [-0.15, -0.1) is 0 Å². The van der Waals surface area contributed by atoms with Crippen LogP contribution in [0.5, 0.6) is 11.5 Å². The summed E-state index contributed by atoms with van der Waals surface area (Å²) in [7, 11) is 0.352. The highest BCUT2D eigenvalue weighted by Gasteiger charge is 2.46. The van der Waals surface area contributed by atoms with Gasteiger partial charge in [-0.3, -0.25) is 4.79 Å². The van der Waals surface area contributed by atoms with E-state index in [0.717, 1.165) is 11.1 Å². The molecule has 0 fully saturated rings. The lowest BCUT2D eigenvalue weighted by Gasteiger charge is -2.30. The summed E-state index contributed by atoms with van der Waals surface area (Å²) >= 11 is 0. The molecule has 0 bridgehead atoms. The molecule has 0 aromatic heterocycles. The van der Waals surface area contributed by atoms with Crippen LogP contribution in [0, 0.1) is 0 Å². The third kappa shape index (κ3) is 4.44. The molecule has 34 heavy (non-hydrogen) atoms. The highest BCUT2D eigenvalue weighted by Crippen LogP contribution is 2.47. The maximum Gasteiger partial charge on any atom is 0.307 e. The number of anilines is 1. The molecule has 0 spiro atoms. The molecule has 0 radical (unpaired) electrons. The quantitative estimate of drug-likeness (QED) is 0.483. The number of hydrogen-bond donors (Lipinski definition) is 1. The maximum atomic E-state index is 14.0. The first-order chi connectivity index (χ1) is 16.4. The van der Waals surface area contributed by atoms with Crippen LogP contribution in [0.1, 0.15) is 29.8 Å². The van der Waals surface area contributed by atoms with Gasteiger partial charge < -0.3 is 19.5 Å². The van der Waals surface area contributed by atoms with Gasteiger partial charge in [0.05, 0.1) is 38.7 Å². The molecule has 0 saturated carbocycles. The van der Waals surface area contributed by atoms with Gasteiger partial charge in [-0.2, -0.15) is 4.31 Å². The Labute approximate surface area is 199 Å². The number of fused-ring (bicyclic) bond motifs is 1. The predicted octanol–water partition coefficient (Wildman–Crippen LogP) is 4.12. The number of hydrogen-bond acceptors (Lipinski definition) is 7. The van der Waals surface area contributed by atoms with Crippen LogP contribution in [0.4, 0.5) is 5.69 Å². The molecule has 0 aliphatic carbocycles. The van der Waals surface area contributed by atoms with Gasteiger partial charge in [0.15, 0.2) is 0 Å². The SMILES string of the molecule is COC(=O)C[C@H]1c2ccccc2[C@@H](Nc2ccc(OC)cc2)N1S(=O)(=O)c1ccc(OC)cc1. The van der Waals surface area contributed by atoms with Gasteiger partial charge in [-0.25, -0.2) is 8.42 Å². The zero-order chi connectivity index (χ0) is 24.3. The van der Waals surface area contributed by atoms with Crippen molar-refractivity contribution in [2.24, 2.45) is 0 Å². The summed E-state index contributed by atoms with van der Waals surface area (Å²) in [5.41, 5.74) is 2.22. The molecule has 8 nitrogen and oxygen atoms in total. The summed E-state index contributed by atoms with van der Waals surface area (Å²) in [6, 6.07) is 20.0. The lowest BCUT2D eigenvalue weighted by atomic mass is 10.0.